The first-order valence-electron chi connectivity index (χ1n) is 7.13. The van der Waals surface area contributed by atoms with E-state index in [1.54, 1.807) is 6.07 Å². The summed E-state index contributed by atoms with van der Waals surface area (Å²) in [6, 6.07) is 3.51. The van der Waals surface area contributed by atoms with Crippen LogP contribution in [0.25, 0.3) is 0 Å². The Morgan fingerprint density at radius 3 is 2.58 bits per heavy atom. The SMILES string of the molecule is COCC(N)C(=O)Nc1ccc(OC)c(S(=O)(=O)NC2CC2)c1.Cl. The molecule has 4 N–H and O–H groups in total. The summed E-state index contributed by atoms with van der Waals surface area (Å²) in [5.41, 5.74) is 5.96. The van der Waals surface area contributed by atoms with Crippen LogP contribution >= 0.6 is 12.4 Å². The molecule has 0 aliphatic heterocycles. The molecule has 0 heterocycles. The molecule has 0 saturated heterocycles. The van der Waals surface area contributed by atoms with Crippen molar-refractivity contribution >= 4 is 34.0 Å². The summed E-state index contributed by atoms with van der Waals surface area (Å²) in [7, 11) is -0.884. The molecule has 0 bridgehead atoms. The van der Waals surface area contributed by atoms with Gasteiger partial charge in [0.2, 0.25) is 15.9 Å². The summed E-state index contributed by atoms with van der Waals surface area (Å²) in [5.74, 6) is -0.257. The van der Waals surface area contributed by atoms with Crippen LogP contribution < -0.4 is 20.5 Å². The number of ether oxygens (including phenoxy) is 2. The molecule has 8 nitrogen and oxygen atoms in total. The number of hydrogen-bond acceptors (Lipinski definition) is 6. The van der Waals surface area contributed by atoms with Gasteiger partial charge < -0.3 is 20.5 Å². The number of methoxy groups -OCH3 is 2. The number of carbonyl (C=O) groups excluding carboxylic acids is 1. The van der Waals surface area contributed by atoms with E-state index in [0.29, 0.717) is 5.69 Å². The first-order chi connectivity index (χ1) is 10.9. The molecule has 24 heavy (non-hydrogen) atoms. The monoisotopic (exact) mass is 379 g/mol. The Balaban J connectivity index is 0.00000288. The van der Waals surface area contributed by atoms with E-state index in [9.17, 15) is 13.2 Å². The number of nitrogens with two attached hydrogens (primary N) is 1. The zero-order chi connectivity index (χ0) is 17.0. The number of benzene rings is 1. The lowest BCUT2D eigenvalue weighted by Gasteiger charge is -2.14. The van der Waals surface area contributed by atoms with E-state index < -0.39 is 22.0 Å². The van der Waals surface area contributed by atoms with Crippen molar-refractivity contribution in [1.29, 1.82) is 0 Å². The Labute approximate surface area is 147 Å². The Morgan fingerprint density at radius 1 is 1.38 bits per heavy atom. The van der Waals surface area contributed by atoms with E-state index >= 15 is 0 Å². The lowest BCUT2D eigenvalue weighted by Crippen LogP contribution is -2.39. The third-order valence-corrected chi connectivity index (χ3v) is 4.84. The number of nitrogens with one attached hydrogen (secondary N) is 2. The smallest absolute Gasteiger partial charge is 0.244 e. The molecule has 2 rings (SSSR count). The molecule has 1 amide bonds. The minimum Gasteiger partial charge on any atom is -0.495 e. The van der Waals surface area contributed by atoms with Gasteiger partial charge in [-0.2, -0.15) is 0 Å². The summed E-state index contributed by atoms with van der Waals surface area (Å²) in [6.07, 6.45) is 1.65. The fraction of sp³-hybridized carbons (Fsp3) is 0.500. The van der Waals surface area contributed by atoms with E-state index in [1.807, 2.05) is 0 Å². The van der Waals surface area contributed by atoms with Crippen LogP contribution in [0.1, 0.15) is 12.8 Å². The summed E-state index contributed by atoms with van der Waals surface area (Å²) in [5, 5.41) is 2.57. The molecule has 1 unspecified atom stereocenters. The van der Waals surface area contributed by atoms with Crippen molar-refractivity contribution in [3.63, 3.8) is 0 Å². The number of halogens is 1. The van der Waals surface area contributed by atoms with E-state index in [0.717, 1.165) is 12.8 Å². The molecule has 1 saturated carbocycles. The summed E-state index contributed by atoms with van der Waals surface area (Å²) in [6.45, 7) is 0.0659. The fourth-order valence-electron chi connectivity index (χ4n) is 1.94. The van der Waals surface area contributed by atoms with Gasteiger partial charge in [0.05, 0.1) is 13.7 Å². The molecule has 1 fully saturated rings. The van der Waals surface area contributed by atoms with Crippen molar-refractivity contribution in [2.24, 2.45) is 5.73 Å². The summed E-state index contributed by atoms with van der Waals surface area (Å²) >= 11 is 0. The second kappa shape index (κ2) is 8.63. The number of carbonyl (C=O) groups is 1. The van der Waals surface area contributed by atoms with Crippen LogP contribution in [0.5, 0.6) is 5.75 Å². The minimum absolute atomic E-state index is 0. The highest BCUT2D eigenvalue weighted by molar-refractivity contribution is 7.89. The Kier molecular flexibility index (Phi) is 7.43. The quantitative estimate of drug-likeness (QED) is 0.604. The van der Waals surface area contributed by atoms with Crippen molar-refractivity contribution in [2.45, 2.75) is 29.8 Å². The molecule has 1 atom stereocenters. The number of amides is 1. The van der Waals surface area contributed by atoms with Crippen molar-refractivity contribution in [3.05, 3.63) is 18.2 Å². The van der Waals surface area contributed by atoms with Crippen LogP contribution in [0.3, 0.4) is 0 Å². The van der Waals surface area contributed by atoms with Crippen molar-refractivity contribution in [2.75, 3.05) is 26.1 Å². The average Bonchev–Trinajstić information content (AvgIpc) is 3.30. The molecule has 1 aliphatic carbocycles. The van der Waals surface area contributed by atoms with Gasteiger partial charge in [-0.25, -0.2) is 13.1 Å². The minimum atomic E-state index is -3.71. The predicted octanol–water partition coefficient (Wildman–Crippen LogP) is 0.470. The molecule has 1 aromatic rings. The molecule has 136 valence electrons. The summed E-state index contributed by atoms with van der Waals surface area (Å²) < 4.78 is 37.3. The predicted molar refractivity (Wildman–Crippen MR) is 92.1 cm³/mol. The van der Waals surface area contributed by atoms with Gasteiger partial charge >= 0.3 is 0 Å². The third-order valence-electron chi connectivity index (χ3n) is 3.30. The molecular formula is C14H22ClN3O5S. The van der Waals surface area contributed by atoms with Crippen LogP contribution in [0.15, 0.2) is 23.1 Å². The Bertz CT molecular complexity index is 679. The maximum absolute atomic E-state index is 12.4. The van der Waals surface area contributed by atoms with Crippen molar-refractivity contribution < 1.29 is 22.7 Å². The molecule has 0 spiro atoms. The van der Waals surface area contributed by atoms with Gasteiger partial charge in [0.1, 0.15) is 16.7 Å². The average molecular weight is 380 g/mol. The van der Waals surface area contributed by atoms with Gasteiger partial charge in [-0.05, 0) is 31.0 Å². The number of sulfonamides is 1. The van der Waals surface area contributed by atoms with Crippen molar-refractivity contribution in [1.82, 2.24) is 4.72 Å². The number of rotatable bonds is 8. The molecule has 1 aliphatic rings. The zero-order valence-corrected chi connectivity index (χ0v) is 15.1. The van der Waals surface area contributed by atoms with Crippen LogP contribution in [0, 0.1) is 0 Å². The van der Waals surface area contributed by atoms with Gasteiger partial charge in [0, 0.05) is 18.8 Å². The Hall–Kier alpha value is -1.39. The second-order valence-electron chi connectivity index (χ2n) is 5.31. The van der Waals surface area contributed by atoms with E-state index in [4.69, 9.17) is 15.2 Å². The maximum Gasteiger partial charge on any atom is 0.244 e. The summed E-state index contributed by atoms with van der Waals surface area (Å²) in [4.78, 5) is 11.9. The first kappa shape index (κ1) is 20.7. The van der Waals surface area contributed by atoms with Gasteiger partial charge in [-0.15, -0.1) is 12.4 Å². The number of hydrogen-bond donors (Lipinski definition) is 3. The topological polar surface area (TPSA) is 120 Å². The maximum atomic E-state index is 12.4. The fourth-order valence-corrected chi connectivity index (χ4v) is 3.44. The van der Waals surface area contributed by atoms with E-state index in [2.05, 4.69) is 10.0 Å². The van der Waals surface area contributed by atoms with E-state index in [1.165, 1.54) is 26.4 Å². The highest BCUT2D eigenvalue weighted by atomic mass is 35.5. The van der Waals surface area contributed by atoms with Crippen molar-refractivity contribution in [3.8, 4) is 5.75 Å². The van der Waals surface area contributed by atoms with E-state index in [-0.39, 0.29) is 35.7 Å². The van der Waals surface area contributed by atoms with Gasteiger partial charge in [-0.3, -0.25) is 4.79 Å². The third kappa shape index (κ3) is 5.32. The van der Waals surface area contributed by atoms with Gasteiger partial charge in [0.15, 0.2) is 0 Å². The molecule has 1 aromatic carbocycles. The zero-order valence-electron chi connectivity index (χ0n) is 13.4. The van der Waals surface area contributed by atoms with Gasteiger partial charge in [0.25, 0.3) is 0 Å². The van der Waals surface area contributed by atoms with Crippen LogP contribution in [-0.2, 0) is 19.6 Å². The lowest BCUT2D eigenvalue weighted by molar-refractivity contribution is -0.118. The second-order valence-corrected chi connectivity index (χ2v) is 6.99. The van der Waals surface area contributed by atoms with Crippen LogP contribution in [0.2, 0.25) is 0 Å². The van der Waals surface area contributed by atoms with Crippen LogP contribution in [-0.4, -0.2) is 47.2 Å². The van der Waals surface area contributed by atoms with Gasteiger partial charge in [-0.1, -0.05) is 0 Å². The molecule has 0 aromatic heterocycles. The lowest BCUT2D eigenvalue weighted by atomic mass is 10.2. The Morgan fingerprint density at radius 2 is 2.04 bits per heavy atom. The molecule has 10 heteroatoms. The first-order valence-corrected chi connectivity index (χ1v) is 8.61. The number of anilines is 1. The molecular weight excluding hydrogens is 358 g/mol. The highest BCUT2D eigenvalue weighted by Crippen LogP contribution is 2.29. The highest BCUT2D eigenvalue weighted by Gasteiger charge is 2.30. The largest absolute Gasteiger partial charge is 0.495 e. The standard InChI is InChI=1S/C14H21N3O5S.ClH/c1-21-8-11(15)14(18)16-10-5-6-12(22-2)13(7-10)23(19,20)17-9-3-4-9;/h5-7,9,11,17H,3-4,8,15H2,1-2H3,(H,16,18);1H. The molecule has 0 radical (unpaired) electrons. The van der Waals surface area contributed by atoms with Crippen LogP contribution in [0.4, 0.5) is 5.69 Å². The normalized spacial score (nSPS) is 15.3.